The molecule has 1 amide bonds. The largest absolute Gasteiger partial charge is 0.481 e. The normalized spacial score (nSPS) is 10.1. The first-order valence-corrected chi connectivity index (χ1v) is 5.80. The van der Waals surface area contributed by atoms with Crippen LogP contribution in [0.4, 0.5) is 5.69 Å². The zero-order chi connectivity index (χ0) is 13.4. The topological polar surface area (TPSA) is 75.6 Å². The molecule has 98 valence electrons. The first-order valence-electron chi connectivity index (χ1n) is 5.80. The van der Waals surface area contributed by atoms with Gasteiger partial charge in [0.15, 0.2) is 0 Å². The van der Waals surface area contributed by atoms with Crippen molar-refractivity contribution < 1.29 is 19.4 Å². The fourth-order valence-corrected chi connectivity index (χ4v) is 1.41. The Hall–Kier alpha value is -1.88. The summed E-state index contributed by atoms with van der Waals surface area (Å²) in [5, 5.41) is 11.2. The van der Waals surface area contributed by atoms with Crippen molar-refractivity contribution in [1.29, 1.82) is 0 Å². The van der Waals surface area contributed by atoms with Gasteiger partial charge in [0.25, 0.3) is 0 Å². The molecule has 18 heavy (non-hydrogen) atoms. The monoisotopic (exact) mass is 251 g/mol. The van der Waals surface area contributed by atoms with Crippen molar-refractivity contribution in [2.75, 3.05) is 11.9 Å². The molecule has 0 radical (unpaired) electrons. The summed E-state index contributed by atoms with van der Waals surface area (Å²) in [6.07, 6.45) is -0.197. The average molecular weight is 251 g/mol. The van der Waals surface area contributed by atoms with Crippen molar-refractivity contribution in [1.82, 2.24) is 0 Å². The third kappa shape index (κ3) is 4.97. The van der Waals surface area contributed by atoms with Gasteiger partial charge in [-0.05, 0) is 13.0 Å². The van der Waals surface area contributed by atoms with Crippen LogP contribution in [0.2, 0.25) is 0 Å². The van der Waals surface area contributed by atoms with Crippen molar-refractivity contribution in [2.45, 2.75) is 26.4 Å². The predicted molar refractivity (Wildman–Crippen MR) is 67.3 cm³/mol. The smallest absolute Gasteiger partial charge is 0.303 e. The minimum Gasteiger partial charge on any atom is -0.481 e. The molecule has 0 spiro atoms. The van der Waals surface area contributed by atoms with Crippen molar-refractivity contribution in [2.24, 2.45) is 0 Å². The minimum atomic E-state index is -0.979. The molecule has 1 aromatic rings. The number of amides is 1. The van der Waals surface area contributed by atoms with Crippen molar-refractivity contribution in [3.8, 4) is 0 Å². The Morgan fingerprint density at radius 3 is 2.67 bits per heavy atom. The van der Waals surface area contributed by atoms with Gasteiger partial charge in [-0.3, -0.25) is 9.59 Å². The van der Waals surface area contributed by atoms with Gasteiger partial charge in [-0.25, -0.2) is 0 Å². The fraction of sp³-hybridized carbons (Fsp3) is 0.385. The Kier molecular flexibility index (Phi) is 5.87. The molecule has 0 bridgehead atoms. The van der Waals surface area contributed by atoms with Crippen molar-refractivity contribution in [3.05, 3.63) is 29.8 Å². The lowest BCUT2D eigenvalue weighted by molar-refractivity contribution is -0.138. The Labute approximate surface area is 106 Å². The Bertz CT molecular complexity index is 417. The molecule has 0 aliphatic heterocycles. The Morgan fingerprint density at radius 2 is 2.00 bits per heavy atom. The summed E-state index contributed by atoms with van der Waals surface area (Å²) in [4.78, 5) is 21.9. The van der Waals surface area contributed by atoms with E-state index in [1.807, 2.05) is 25.1 Å². The molecule has 0 heterocycles. The molecule has 0 saturated heterocycles. The number of aliphatic carboxylic acids is 1. The Balaban J connectivity index is 2.59. The number of carboxylic acid groups (broad SMARTS) is 1. The molecule has 0 atom stereocenters. The molecular formula is C13H17NO4. The van der Waals surface area contributed by atoms with E-state index in [1.54, 1.807) is 6.07 Å². The van der Waals surface area contributed by atoms with E-state index in [1.165, 1.54) is 0 Å². The van der Waals surface area contributed by atoms with Gasteiger partial charge < -0.3 is 15.2 Å². The summed E-state index contributed by atoms with van der Waals surface area (Å²) < 4.78 is 5.29. The van der Waals surface area contributed by atoms with Gasteiger partial charge in [0.05, 0.1) is 13.0 Å². The molecule has 2 N–H and O–H groups in total. The first-order chi connectivity index (χ1) is 8.63. The van der Waals surface area contributed by atoms with E-state index in [4.69, 9.17) is 9.84 Å². The standard InChI is InChI=1S/C13H17NO4/c1-2-18-9-10-5-3-4-6-11(10)14-12(15)7-8-13(16)17/h3-6H,2,7-9H2,1H3,(H,14,15)(H,16,17). The van der Waals surface area contributed by atoms with Crippen LogP contribution in [0.15, 0.2) is 24.3 Å². The van der Waals surface area contributed by atoms with Crippen LogP contribution in [0.1, 0.15) is 25.3 Å². The number of hydrogen-bond acceptors (Lipinski definition) is 3. The number of ether oxygens (including phenoxy) is 1. The zero-order valence-electron chi connectivity index (χ0n) is 10.3. The highest BCUT2D eigenvalue weighted by molar-refractivity contribution is 5.93. The fourth-order valence-electron chi connectivity index (χ4n) is 1.41. The number of carbonyl (C=O) groups is 2. The molecule has 1 aromatic carbocycles. The second kappa shape index (κ2) is 7.45. The lowest BCUT2D eigenvalue weighted by Gasteiger charge is -2.10. The molecule has 0 aromatic heterocycles. The van der Waals surface area contributed by atoms with Gasteiger partial charge in [-0.2, -0.15) is 0 Å². The number of hydrogen-bond donors (Lipinski definition) is 2. The molecule has 5 heteroatoms. The second-order valence-corrected chi connectivity index (χ2v) is 3.74. The van der Waals surface area contributed by atoms with Crippen LogP contribution in [-0.2, 0) is 20.9 Å². The number of carboxylic acids is 1. The van der Waals surface area contributed by atoms with E-state index in [2.05, 4.69) is 5.32 Å². The van der Waals surface area contributed by atoms with Crippen LogP contribution >= 0.6 is 0 Å². The highest BCUT2D eigenvalue weighted by atomic mass is 16.5. The summed E-state index contributed by atoms with van der Waals surface area (Å²) >= 11 is 0. The highest BCUT2D eigenvalue weighted by Gasteiger charge is 2.08. The quantitative estimate of drug-likeness (QED) is 0.777. The summed E-state index contributed by atoms with van der Waals surface area (Å²) in [6, 6.07) is 7.30. The molecule has 1 rings (SSSR count). The number of benzene rings is 1. The molecule has 0 saturated carbocycles. The molecule has 0 aliphatic rings. The maximum absolute atomic E-state index is 11.5. The first kappa shape index (κ1) is 14.2. The Morgan fingerprint density at radius 1 is 1.28 bits per heavy atom. The molecule has 0 aliphatic carbocycles. The number of rotatable bonds is 7. The van der Waals surface area contributed by atoms with Crippen LogP contribution in [0.3, 0.4) is 0 Å². The summed E-state index contributed by atoms with van der Waals surface area (Å²) in [6.45, 7) is 2.92. The predicted octanol–water partition coefficient (Wildman–Crippen LogP) is 2.03. The van der Waals surface area contributed by atoms with E-state index in [0.29, 0.717) is 18.9 Å². The lowest BCUT2D eigenvalue weighted by atomic mass is 10.2. The molecule has 0 unspecified atom stereocenters. The lowest BCUT2D eigenvalue weighted by Crippen LogP contribution is -2.14. The minimum absolute atomic E-state index is 0.0295. The zero-order valence-corrected chi connectivity index (χ0v) is 10.3. The van der Waals surface area contributed by atoms with E-state index >= 15 is 0 Å². The number of carbonyl (C=O) groups excluding carboxylic acids is 1. The maximum Gasteiger partial charge on any atom is 0.303 e. The SMILES string of the molecule is CCOCc1ccccc1NC(=O)CCC(=O)O. The van der Waals surface area contributed by atoms with Crippen LogP contribution in [0.25, 0.3) is 0 Å². The number of nitrogens with one attached hydrogen (secondary N) is 1. The highest BCUT2D eigenvalue weighted by Crippen LogP contribution is 2.16. The van der Waals surface area contributed by atoms with Gasteiger partial charge in [-0.1, -0.05) is 18.2 Å². The van der Waals surface area contributed by atoms with E-state index in [0.717, 1.165) is 5.56 Å². The van der Waals surface area contributed by atoms with Crippen LogP contribution in [-0.4, -0.2) is 23.6 Å². The van der Waals surface area contributed by atoms with Gasteiger partial charge in [0, 0.05) is 24.3 Å². The van der Waals surface area contributed by atoms with Crippen LogP contribution in [0, 0.1) is 0 Å². The summed E-state index contributed by atoms with van der Waals surface area (Å²) in [7, 11) is 0. The van der Waals surface area contributed by atoms with Gasteiger partial charge in [0.1, 0.15) is 0 Å². The van der Waals surface area contributed by atoms with Crippen molar-refractivity contribution in [3.63, 3.8) is 0 Å². The van der Waals surface area contributed by atoms with Crippen LogP contribution < -0.4 is 5.32 Å². The molecule has 5 nitrogen and oxygen atoms in total. The van der Waals surface area contributed by atoms with E-state index in [-0.39, 0.29) is 18.7 Å². The summed E-state index contributed by atoms with van der Waals surface area (Å²) in [5.41, 5.74) is 1.55. The van der Waals surface area contributed by atoms with E-state index in [9.17, 15) is 9.59 Å². The average Bonchev–Trinajstić information content (AvgIpc) is 2.35. The van der Waals surface area contributed by atoms with Crippen molar-refractivity contribution >= 4 is 17.6 Å². The van der Waals surface area contributed by atoms with Crippen LogP contribution in [0.5, 0.6) is 0 Å². The third-order valence-electron chi connectivity index (χ3n) is 2.32. The maximum atomic E-state index is 11.5. The van der Waals surface area contributed by atoms with Gasteiger partial charge in [0.2, 0.25) is 5.91 Å². The summed E-state index contributed by atoms with van der Waals surface area (Å²) in [5.74, 6) is -1.28. The van der Waals surface area contributed by atoms with E-state index < -0.39 is 5.97 Å². The number of para-hydroxylation sites is 1. The molecular weight excluding hydrogens is 234 g/mol. The second-order valence-electron chi connectivity index (χ2n) is 3.74. The third-order valence-corrected chi connectivity index (χ3v) is 2.32. The van der Waals surface area contributed by atoms with Gasteiger partial charge in [-0.15, -0.1) is 0 Å². The molecule has 0 fully saturated rings. The van der Waals surface area contributed by atoms with Gasteiger partial charge >= 0.3 is 5.97 Å². The number of anilines is 1.